The number of oxime groups is 1. The second kappa shape index (κ2) is 26.5. The maximum absolute atomic E-state index is 14.5. The van der Waals surface area contributed by atoms with Gasteiger partial charge in [-0.05, 0) is 112 Å². The first-order valence-electron chi connectivity index (χ1n) is 27.7. The Balaban J connectivity index is 1.16. The Bertz CT molecular complexity index is 2530. The molecule has 0 bridgehead atoms. The van der Waals surface area contributed by atoms with Crippen LogP contribution in [0.3, 0.4) is 0 Å². The average molecular weight is 1140 g/mol. The average Bonchev–Trinajstić information content (AvgIpc) is 3.47. The number of alkyl carbamates (subject to hydrolysis) is 1. The van der Waals surface area contributed by atoms with E-state index in [2.05, 4.69) is 10.5 Å². The van der Waals surface area contributed by atoms with Crippen LogP contribution >= 0.6 is 11.8 Å². The number of thioether (sulfide) groups is 1. The highest BCUT2D eigenvalue weighted by molar-refractivity contribution is 7.99. The topological polar surface area (TPSA) is 296 Å². The molecule has 2 aromatic rings. The molecule has 1 amide bonds. The van der Waals surface area contributed by atoms with Gasteiger partial charge in [-0.1, -0.05) is 32.9 Å². The van der Waals surface area contributed by atoms with Crippen molar-refractivity contribution in [1.82, 2.24) is 14.8 Å². The van der Waals surface area contributed by atoms with E-state index in [1.807, 2.05) is 43.5 Å². The Morgan fingerprint density at radius 2 is 1.66 bits per heavy atom. The number of nitrogens with zero attached hydrogens (tertiary/aromatic N) is 3. The quantitative estimate of drug-likeness (QED) is 0.0378. The molecule has 22 nitrogen and oxygen atoms in total. The first-order chi connectivity index (χ1) is 37.0. The molecule has 79 heavy (non-hydrogen) atoms. The number of carbonyl (C=O) groups excluding carboxylic acids is 2. The number of aliphatic hydroxyl groups excluding tert-OH is 2. The van der Waals surface area contributed by atoms with Crippen LogP contribution in [0.2, 0.25) is 0 Å². The van der Waals surface area contributed by atoms with E-state index in [9.17, 15) is 49.9 Å². The number of likely N-dealkylation sites (N-methyl/N-ethyl adjacent to an activating group) is 1. The molecule has 5 heterocycles. The minimum atomic E-state index is -2.04. The van der Waals surface area contributed by atoms with Gasteiger partial charge in [0.2, 0.25) is 5.43 Å². The molecule has 3 saturated heterocycles. The van der Waals surface area contributed by atoms with E-state index in [0.717, 1.165) is 28.8 Å². The molecule has 7 N–H and O–H groups in total. The third kappa shape index (κ3) is 14.3. The van der Waals surface area contributed by atoms with Gasteiger partial charge in [-0.2, -0.15) is 0 Å². The lowest BCUT2D eigenvalue weighted by Gasteiger charge is -2.49. The number of carboxylic acids is 1. The van der Waals surface area contributed by atoms with Crippen molar-refractivity contribution in [2.75, 3.05) is 46.7 Å². The number of esters is 1. The van der Waals surface area contributed by atoms with Crippen LogP contribution in [-0.2, 0) is 49.1 Å². The van der Waals surface area contributed by atoms with Crippen LogP contribution in [0, 0.1) is 23.7 Å². The van der Waals surface area contributed by atoms with Crippen LogP contribution in [0.4, 0.5) is 4.79 Å². The summed E-state index contributed by atoms with van der Waals surface area (Å²) in [5, 5.41) is 74.9. The van der Waals surface area contributed by atoms with Gasteiger partial charge < -0.3 is 83.4 Å². The van der Waals surface area contributed by atoms with E-state index in [1.165, 1.54) is 38.9 Å². The monoisotopic (exact) mass is 1140 g/mol. The maximum Gasteiger partial charge on any atom is 0.407 e. The summed E-state index contributed by atoms with van der Waals surface area (Å²) >= 11 is 1.48. The molecule has 3 fully saturated rings. The highest BCUT2D eigenvalue weighted by Gasteiger charge is 2.54. The Kier molecular flexibility index (Phi) is 21.5. The van der Waals surface area contributed by atoms with E-state index in [1.54, 1.807) is 54.5 Å². The molecule has 0 spiro atoms. The number of aromatic carboxylic acids is 1. The van der Waals surface area contributed by atoms with Crippen LogP contribution in [-0.4, -0.2) is 195 Å². The number of carbonyl (C=O) groups is 3. The molecule has 4 aliphatic heterocycles. The lowest BCUT2D eigenvalue weighted by atomic mass is 9.73. The largest absolute Gasteiger partial charge is 0.477 e. The summed E-state index contributed by atoms with van der Waals surface area (Å²) in [6.07, 6.45) is -8.33. The van der Waals surface area contributed by atoms with Gasteiger partial charge in [-0.3, -0.25) is 9.59 Å². The van der Waals surface area contributed by atoms with Crippen LogP contribution in [0.1, 0.15) is 130 Å². The van der Waals surface area contributed by atoms with Crippen molar-refractivity contribution in [1.29, 1.82) is 0 Å². The third-order valence-corrected chi connectivity index (χ3v) is 17.8. The zero-order valence-electron chi connectivity index (χ0n) is 48.4. The number of aryl methyl sites for hydroxylation is 1. The number of ether oxygens (including phenoxy) is 8. The molecule has 1 aromatic carbocycles. The van der Waals surface area contributed by atoms with E-state index < -0.39 is 119 Å². The molecular formula is C56H88N4O18S. The molecule has 4 aliphatic rings. The smallest absolute Gasteiger partial charge is 0.407 e. The number of cyclic esters (lactones) is 1. The van der Waals surface area contributed by atoms with Gasteiger partial charge in [0.15, 0.2) is 18.7 Å². The van der Waals surface area contributed by atoms with Gasteiger partial charge in [0, 0.05) is 72.1 Å². The second-order valence-electron chi connectivity index (χ2n) is 23.3. The van der Waals surface area contributed by atoms with Gasteiger partial charge in [0.1, 0.15) is 29.0 Å². The fourth-order valence-electron chi connectivity index (χ4n) is 12.3. The summed E-state index contributed by atoms with van der Waals surface area (Å²) in [6, 6.07) is 3.46. The Morgan fingerprint density at radius 3 is 2.29 bits per heavy atom. The zero-order valence-corrected chi connectivity index (χ0v) is 49.2. The van der Waals surface area contributed by atoms with Gasteiger partial charge in [0.05, 0.1) is 66.5 Å². The molecule has 0 saturated carbocycles. The number of carboxylic acid groups (broad SMARTS) is 1. The summed E-state index contributed by atoms with van der Waals surface area (Å²) in [5.74, 6) is -5.35. The molecule has 6 rings (SSSR count). The van der Waals surface area contributed by atoms with E-state index >= 15 is 0 Å². The van der Waals surface area contributed by atoms with Gasteiger partial charge in [-0.15, -0.1) is 11.8 Å². The minimum Gasteiger partial charge on any atom is -0.477 e. The lowest BCUT2D eigenvalue weighted by Crippen LogP contribution is -2.61. The standard InChI is InChI=1S/C56H88N4O18S/c1-15-40-56(11,69)47(63)31(5)42(58-70)28(2)25-54(9,68)48(77-52-45(62)39(59(12)13)22-30(4)73-52)32(6)46(33(7)51(66)75-40)76-41-26-55(10,71-14)49(34(8)74-41)78-53(67)57-18-19-72-20-21-79-36-23-35-17-16-29(3)60-27-38(50(64)65)44(61)37(24-36)43(35)60/h23-24,27-34,39-41,45-49,52,62-63,68-70H,15-22,25-26H2,1-14H3,(H,57,67)(H,64,65)/b58-42+/t28-,29?,30+,31+,32+,33-,34+,39-,40-,41+,45+,46+,47-,48-,49+,52-,54-,55-,56-/m1/s1. The predicted molar refractivity (Wildman–Crippen MR) is 292 cm³/mol. The van der Waals surface area contributed by atoms with Gasteiger partial charge >= 0.3 is 18.0 Å². The molecule has 446 valence electrons. The van der Waals surface area contributed by atoms with Crippen molar-refractivity contribution in [3.8, 4) is 0 Å². The third-order valence-electron chi connectivity index (χ3n) is 16.9. The predicted octanol–water partition coefficient (Wildman–Crippen LogP) is 5.11. The molecule has 1 unspecified atom stereocenters. The van der Waals surface area contributed by atoms with Crippen molar-refractivity contribution in [2.24, 2.45) is 28.8 Å². The summed E-state index contributed by atoms with van der Waals surface area (Å²) in [6.45, 7) is 19.0. The van der Waals surface area contributed by atoms with E-state index in [4.69, 9.17) is 37.9 Å². The SMILES string of the molecule is CC[C@H]1OC(=O)[C@H](C)[C@@H](O[C@H]2C[C@@](C)(OC)[C@@H](OC(=O)NCCOCCSc3cc4c5c(c3)c(=O)c(C(=O)O)cn5C(C)CC4)[C@H](C)O2)[C@H](C)[C@@H](O[C@H]2O[C@@H](C)C[C@@H](N(C)C)[C@@H]2O)[C@](C)(O)C[C@@H](C)/C(=N\O)[C@H](C)[C@@H](O)[C@]1(C)O. The Labute approximate surface area is 467 Å². The van der Waals surface area contributed by atoms with Gasteiger partial charge in [-0.25, -0.2) is 9.59 Å². The summed E-state index contributed by atoms with van der Waals surface area (Å²) in [4.78, 5) is 55.7. The van der Waals surface area contributed by atoms with Crippen LogP contribution in [0.5, 0.6) is 0 Å². The number of hydrogen-bond acceptors (Lipinski definition) is 20. The highest BCUT2D eigenvalue weighted by atomic mass is 32.2. The number of pyridine rings is 1. The van der Waals surface area contributed by atoms with Crippen molar-refractivity contribution < 1.29 is 83.0 Å². The second-order valence-corrected chi connectivity index (χ2v) is 24.5. The van der Waals surface area contributed by atoms with Crippen molar-refractivity contribution in [2.45, 2.75) is 210 Å². The summed E-state index contributed by atoms with van der Waals surface area (Å²) in [7, 11) is 5.14. The number of rotatable bonds is 16. The maximum atomic E-state index is 14.5. The lowest BCUT2D eigenvalue weighted by molar-refractivity contribution is -0.317. The Hall–Kier alpha value is -3.98. The number of methoxy groups -OCH3 is 1. The normalized spacial score (nSPS) is 38.3. The van der Waals surface area contributed by atoms with Crippen LogP contribution in [0.25, 0.3) is 10.9 Å². The number of benzene rings is 1. The fourth-order valence-corrected chi connectivity index (χ4v) is 13.2. The van der Waals surface area contributed by atoms with Gasteiger partial charge in [0.25, 0.3) is 0 Å². The number of aliphatic hydroxyl groups is 4. The highest BCUT2D eigenvalue weighted by Crippen LogP contribution is 2.42. The van der Waals surface area contributed by atoms with E-state index in [-0.39, 0.29) is 61.9 Å². The van der Waals surface area contributed by atoms with Crippen molar-refractivity contribution in [3.63, 3.8) is 0 Å². The molecule has 0 radical (unpaired) electrons. The first-order valence-corrected chi connectivity index (χ1v) is 28.7. The Morgan fingerprint density at radius 1 is 0.962 bits per heavy atom. The molecule has 23 heteroatoms. The number of hydrogen-bond donors (Lipinski definition) is 7. The number of aromatic nitrogens is 1. The number of amides is 1. The van der Waals surface area contributed by atoms with Crippen LogP contribution < -0.4 is 10.7 Å². The molecular weight excluding hydrogens is 1050 g/mol. The minimum absolute atomic E-state index is 0.0235. The fraction of sp³-hybridized carbons (Fsp3) is 0.768. The van der Waals surface area contributed by atoms with Crippen molar-refractivity contribution in [3.05, 3.63) is 39.7 Å². The number of nitrogens with one attached hydrogen (secondary N) is 1. The molecule has 1 aromatic heterocycles. The molecule has 0 aliphatic carbocycles. The molecule has 19 atom stereocenters. The summed E-state index contributed by atoms with van der Waals surface area (Å²) in [5.41, 5.74) is -4.04. The zero-order chi connectivity index (χ0) is 58.6. The first kappa shape index (κ1) is 64.2. The summed E-state index contributed by atoms with van der Waals surface area (Å²) < 4.78 is 52.1. The van der Waals surface area contributed by atoms with E-state index in [0.29, 0.717) is 24.2 Å². The van der Waals surface area contributed by atoms with Crippen LogP contribution in [0.15, 0.2) is 33.2 Å². The van der Waals surface area contributed by atoms with Crippen molar-refractivity contribution >= 4 is 46.4 Å².